The summed E-state index contributed by atoms with van der Waals surface area (Å²) < 4.78 is 5.93. The molecule has 1 fully saturated rings. The summed E-state index contributed by atoms with van der Waals surface area (Å²) in [7, 11) is 0. The minimum Gasteiger partial charge on any atom is -0.378 e. The molecule has 1 aromatic rings. The SMILES string of the molecule is CCNC(=NCCCOC1CCCCC1)NCCNC(=O)c1cccnc1.I. The Hall–Kier alpha value is -1.42. The van der Waals surface area contributed by atoms with E-state index in [0.717, 1.165) is 32.1 Å². The maximum atomic E-state index is 12.0. The number of carbonyl (C=O) groups is 1. The van der Waals surface area contributed by atoms with Gasteiger partial charge in [0.2, 0.25) is 0 Å². The van der Waals surface area contributed by atoms with E-state index in [4.69, 9.17) is 4.74 Å². The molecule has 1 amide bonds. The molecule has 0 aliphatic heterocycles. The van der Waals surface area contributed by atoms with Crippen LogP contribution in [-0.2, 0) is 4.74 Å². The Bertz CT molecular complexity index is 565. The van der Waals surface area contributed by atoms with Crippen molar-refractivity contribution in [2.24, 2.45) is 4.99 Å². The number of halogens is 1. The van der Waals surface area contributed by atoms with E-state index in [1.165, 1.54) is 32.1 Å². The first-order valence-corrected chi connectivity index (χ1v) is 10.1. The molecular formula is C20H34IN5O2. The Kier molecular flexibility index (Phi) is 13.6. The lowest BCUT2D eigenvalue weighted by Gasteiger charge is -2.21. The van der Waals surface area contributed by atoms with Crippen molar-refractivity contribution < 1.29 is 9.53 Å². The first kappa shape index (κ1) is 24.6. The van der Waals surface area contributed by atoms with Gasteiger partial charge >= 0.3 is 0 Å². The molecule has 0 bridgehead atoms. The van der Waals surface area contributed by atoms with Crippen molar-refractivity contribution in [2.45, 2.75) is 51.6 Å². The minimum absolute atomic E-state index is 0. The highest BCUT2D eigenvalue weighted by atomic mass is 127. The van der Waals surface area contributed by atoms with E-state index in [0.29, 0.717) is 24.8 Å². The Morgan fingerprint density at radius 1 is 1.21 bits per heavy atom. The number of aliphatic imine (C=N–C) groups is 1. The van der Waals surface area contributed by atoms with Crippen molar-refractivity contribution >= 4 is 35.8 Å². The third kappa shape index (κ3) is 10.2. The van der Waals surface area contributed by atoms with Crippen molar-refractivity contribution in [1.82, 2.24) is 20.9 Å². The first-order valence-electron chi connectivity index (χ1n) is 10.1. The second kappa shape index (κ2) is 15.5. The predicted molar refractivity (Wildman–Crippen MR) is 123 cm³/mol. The fourth-order valence-corrected chi connectivity index (χ4v) is 3.04. The highest BCUT2D eigenvalue weighted by Crippen LogP contribution is 2.20. The molecule has 2 rings (SSSR count). The van der Waals surface area contributed by atoms with Crippen LogP contribution in [-0.4, -0.2) is 55.7 Å². The van der Waals surface area contributed by atoms with Crippen LogP contribution in [0.4, 0.5) is 0 Å². The maximum absolute atomic E-state index is 12.0. The van der Waals surface area contributed by atoms with Crippen LogP contribution in [0.2, 0.25) is 0 Å². The number of hydrogen-bond donors (Lipinski definition) is 3. The molecular weight excluding hydrogens is 469 g/mol. The number of guanidine groups is 1. The van der Waals surface area contributed by atoms with Gasteiger partial charge < -0.3 is 20.7 Å². The smallest absolute Gasteiger partial charge is 0.252 e. The van der Waals surface area contributed by atoms with Gasteiger partial charge in [-0.3, -0.25) is 14.8 Å². The molecule has 0 spiro atoms. The number of nitrogens with zero attached hydrogens (tertiary/aromatic N) is 2. The third-order valence-electron chi connectivity index (χ3n) is 4.45. The summed E-state index contributed by atoms with van der Waals surface area (Å²) in [6.07, 6.45) is 11.0. The van der Waals surface area contributed by atoms with Gasteiger partial charge in [0.1, 0.15) is 0 Å². The lowest BCUT2D eigenvalue weighted by molar-refractivity contribution is 0.0281. The summed E-state index contributed by atoms with van der Waals surface area (Å²) >= 11 is 0. The van der Waals surface area contributed by atoms with Crippen LogP contribution >= 0.6 is 24.0 Å². The molecule has 0 radical (unpaired) electrons. The van der Waals surface area contributed by atoms with Gasteiger partial charge in [-0.25, -0.2) is 0 Å². The van der Waals surface area contributed by atoms with E-state index in [1.54, 1.807) is 24.5 Å². The van der Waals surface area contributed by atoms with E-state index >= 15 is 0 Å². The number of amides is 1. The van der Waals surface area contributed by atoms with Crippen LogP contribution < -0.4 is 16.0 Å². The summed E-state index contributed by atoms with van der Waals surface area (Å²) in [4.78, 5) is 20.5. The Morgan fingerprint density at radius 3 is 2.71 bits per heavy atom. The monoisotopic (exact) mass is 503 g/mol. The quantitative estimate of drug-likeness (QED) is 0.198. The van der Waals surface area contributed by atoms with Crippen LogP contribution in [0, 0.1) is 0 Å². The van der Waals surface area contributed by atoms with Crippen LogP contribution in [0.25, 0.3) is 0 Å². The highest BCUT2D eigenvalue weighted by Gasteiger charge is 2.12. The van der Waals surface area contributed by atoms with Crippen LogP contribution in [0.15, 0.2) is 29.5 Å². The molecule has 8 heteroatoms. The van der Waals surface area contributed by atoms with Gasteiger partial charge in [0.15, 0.2) is 5.96 Å². The summed E-state index contributed by atoms with van der Waals surface area (Å²) in [5, 5.41) is 9.32. The van der Waals surface area contributed by atoms with Gasteiger partial charge in [0.05, 0.1) is 11.7 Å². The lowest BCUT2D eigenvalue weighted by atomic mass is 9.98. The van der Waals surface area contributed by atoms with Crippen LogP contribution in [0.1, 0.15) is 55.8 Å². The van der Waals surface area contributed by atoms with Crippen molar-refractivity contribution in [3.63, 3.8) is 0 Å². The number of aromatic nitrogens is 1. The van der Waals surface area contributed by atoms with Crippen molar-refractivity contribution in [1.29, 1.82) is 0 Å². The van der Waals surface area contributed by atoms with Crippen molar-refractivity contribution in [3.8, 4) is 0 Å². The first-order chi connectivity index (χ1) is 13.3. The summed E-state index contributed by atoms with van der Waals surface area (Å²) in [6.45, 7) is 5.46. The summed E-state index contributed by atoms with van der Waals surface area (Å²) in [5.74, 6) is 0.650. The van der Waals surface area contributed by atoms with E-state index in [2.05, 4.69) is 25.9 Å². The molecule has 1 aliphatic carbocycles. The topological polar surface area (TPSA) is 87.6 Å². The fourth-order valence-electron chi connectivity index (χ4n) is 3.04. The summed E-state index contributed by atoms with van der Waals surface area (Å²) in [5.41, 5.74) is 0.566. The molecule has 3 N–H and O–H groups in total. The molecule has 0 saturated heterocycles. The number of nitrogens with one attached hydrogen (secondary N) is 3. The number of pyridine rings is 1. The zero-order chi connectivity index (χ0) is 19.2. The zero-order valence-corrected chi connectivity index (χ0v) is 19.1. The molecule has 28 heavy (non-hydrogen) atoms. The Labute approximate surface area is 185 Å². The zero-order valence-electron chi connectivity index (χ0n) is 16.8. The van der Waals surface area contributed by atoms with Gasteiger partial charge in [-0.1, -0.05) is 19.3 Å². The fraction of sp³-hybridized carbons (Fsp3) is 0.650. The third-order valence-corrected chi connectivity index (χ3v) is 4.45. The number of hydrogen-bond acceptors (Lipinski definition) is 4. The van der Waals surface area contributed by atoms with Gasteiger partial charge in [-0.2, -0.15) is 0 Å². The molecule has 1 saturated carbocycles. The molecule has 0 aromatic carbocycles. The van der Waals surface area contributed by atoms with E-state index in [9.17, 15) is 4.79 Å². The number of rotatable bonds is 10. The van der Waals surface area contributed by atoms with Crippen LogP contribution in [0.3, 0.4) is 0 Å². The molecule has 7 nitrogen and oxygen atoms in total. The predicted octanol–water partition coefficient (Wildman–Crippen LogP) is 2.72. The largest absolute Gasteiger partial charge is 0.378 e. The summed E-state index contributed by atoms with van der Waals surface area (Å²) in [6, 6.07) is 3.50. The number of carbonyl (C=O) groups excluding carboxylic acids is 1. The minimum atomic E-state index is -0.119. The van der Waals surface area contributed by atoms with E-state index in [1.807, 2.05) is 6.92 Å². The van der Waals surface area contributed by atoms with Crippen LogP contribution in [0.5, 0.6) is 0 Å². The molecule has 1 heterocycles. The van der Waals surface area contributed by atoms with Crippen molar-refractivity contribution in [2.75, 3.05) is 32.8 Å². The Balaban J connectivity index is 0.00000392. The Morgan fingerprint density at radius 2 is 2.00 bits per heavy atom. The van der Waals surface area contributed by atoms with Gasteiger partial charge in [-0.15, -0.1) is 24.0 Å². The van der Waals surface area contributed by atoms with Gasteiger partial charge in [0, 0.05) is 45.2 Å². The maximum Gasteiger partial charge on any atom is 0.252 e. The van der Waals surface area contributed by atoms with Gasteiger partial charge in [0.25, 0.3) is 5.91 Å². The molecule has 158 valence electrons. The average Bonchev–Trinajstić information content (AvgIpc) is 2.72. The average molecular weight is 503 g/mol. The highest BCUT2D eigenvalue weighted by molar-refractivity contribution is 14.0. The van der Waals surface area contributed by atoms with Crippen molar-refractivity contribution in [3.05, 3.63) is 30.1 Å². The standard InChI is InChI=1S/C20H33N5O2.HI/c1-2-22-20(24-12-7-15-27-18-9-4-3-5-10-18)25-14-13-23-19(26)17-8-6-11-21-16-17;/h6,8,11,16,18H,2-5,7,9-10,12-15H2,1H3,(H,23,26)(H2,22,24,25);1H. The molecule has 1 aromatic heterocycles. The van der Waals surface area contributed by atoms with E-state index < -0.39 is 0 Å². The lowest BCUT2D eigenvalue weighted by Crippen LogP contribution is -2.41. The van der Waals surface area contributed by atoms with Gasteiger partial charge in [-0.05, 0) is 38.3 Å². The number of ether oxygens (including phenoxy) is 1. The molecule has 0 atom stereocenters. The second-order valence-electron chi connectivity index (χ2n) is 6.67. The molecule has 0 unspecified atom stereocenters. The second-order valence-corrected chi connectivity index (χ2v) is 6.67. The van der Waals surface area contributed by atoms with E-state index in [-0.39, 0.29) is 29.9 Å². The molecule has 1 aliphatic rings. The normalized spacial score (nSPS) is 14.8.